The Morgan fingerprint density at radius 1 is 1.05 bits per heavy atom. The molecule has 0 spiro atoms. The van der Waals surface area contributed by atoms with E-state index in [0.29, 0.717) is 11.8 Å². The Morgan fingerprint density at radius 3 is 2.35 bits per heavy atom. The predicted molar refractivity (Wildman–Crippen MR) is 87.9 cm³/mol. The number of hydrogen-bond acceptors (Lipinski definition) is 2. The highest BCUT2D eigenvalue weighted by atomic mass is 79.9. The summed E-state index contributed by atoms with van der Waals surface area (Å²) in [5.74, 6) is 0.0000288. The van der Waals surface area contributed by atoms with Crippen LogP contribution in [0.1, 0.15) is 12.0 Å². The number of alkyl halides is 1. The van der Waals surface area contributed by atoms with Crippen molar-refractivity contribution in [1.82, 2.24) is 0 Å². The second-order valence-electron chi connectivity index (χ2n) is 4.52. The molecule has 2 rings (SSSR count). The number of benzene rings is 2. The van der Waals surface area contributed by atoms with Crippen molar-refractivity contribution in [3.8, 4) is 0 Å². The fraction of sp³-hybridized carbons (Fsp3) is 0.188. The third kappa shape index (κ3) is 4.10. The number of anilines is 3. The zero-order chi connectivity index (χ0) is 14.4. The summed E-state index contributed by atoms with van der Waals surface area (Å²) in [7, 11) is 0. The average molecular weight is 333 g/mol. The van der Waals surface area contributed by atoms with Crippen LogP contribution in [-0.2, 0) is 4.79 Å². The minimum absolute atomic E-state index is 0.0000288. The van der Waals surface area contributed by atoms with Crippen LogP contribution in [0.5, 0.6) is 0 Å². The van der Waals surface area contributed by atoms with Gasteiger partial charge in [-0.05, 0) is 31.2 Å². The first-order valence-corrected chi connectivity index (χ1v) is 7.60. The van der Waals surface area contributed by atoms with E-state index in [1.165, 1.54) is 5.56 Å². The van der Waals surface area contributed by atoms with Crippen LogP contribution < -0.4 is 10.6 Å². The molecule has 2 aromatic rings. The van der Waals surface area contributed by atoms with Gasteiger partial charge in [-0.3, -0.25) is 4.79 Å². The van der Waals surface area contributed by atoms with Gasteiger partial charge in [-0.25, -0.2) is 0 Å². The topological polar surface area (TPSA) is 41.1 Å². The lowest BCUT2D eigenvalue weighted by Gasteiger charge is -2.13. The minimum Gasteiger partial charge on any atom is -0.354 e. The summed E-state index contributed by atoms with van der Waals surface area (Å²) in [5.41, 5.74) is 3.89. The quantitative estimate of drug-likeness (QED) is 0.793. The van der Waals surface area contributed by atoms with Crippen LogP contribution in [-0.4, -0.2) is 11.2 Å². The van der Waals surface area contributed by atoms with Gasteiger partial charge in [0, 0.05) is 17.4 Å². The number of amides is 1. The molecule has 0 unspecified atom stereocenters. The zero-order valence-electron chi connectivity index (χ0n) is 11.3. The molecule has 2 N–H and O–H groups in total. The summed E-state index contributed by atoms with van der Waals surface area (Å²) >= 11 is 3.27. The number of carbonyl (C=O) groups excluding carboxylic acids is 1. The van der Waals surface area contributed by atoms with Gasteiger partial charge >= 0.3 is 0 Å². The molecule has 2 aromatic carbocycles. The van der Waals surface area contributed by atoms with E-state index in [1.807, 2.05) is 48.5 Å². The van der Waals surface area contributed by atoms with Crippen molar-refractivity contribution in [2.24, 2.45) is 0 Å². The molecule has 0 saturated heterocycles. The molecule has 0 bridgehead atoms. The lowest BCUT2D eigenvalue weighted by molar-refractivity contribution is -0.115. The van der Waals surface area contributed by atoms with Crippen molar-refractivity contribution >= 4 is 38.9 Å². The van der Waals surface area contributed by atoms with Crippen molar-refractivity contribution in [3.05, 3.63) is 54.1 Å². The SMILES string of the molecule is Cc1ccc(Nc2ccccc2NC(=O)CCBr)cc1. The van der Waals surface area contributed by atoms with E-state index < -0.39 is 0 Å². The second-order valence-corrected chi connectivity index (χ2v) is 5.32. The molecule has 0 aliphatic carbocycles. The number of aryl methyl sites for hydroxylation is 1. The van der Waals surface area contributed by atoms with Crippen LogP contribution in [0.3, 0.4) is 0 Å². The van der Waals surface area contributed by atoms with E-state index in [9.17, 15) is 4.79 Å². The number of para-hydroxylation sites is 2. The van der Waals surface area contributed by atoms with Crippen LogP contribution in [0.25, 0.3) is 0 Å². The molecule has 0 radical (unpaired) electrons. The van der Waals surface area contributed by atoms with E-state index in [0.717, 1.165) is 17.1 Å². The highest BCUT2D eigenvalue weighted by molar-refractivity contribution is 9.09. The Hall–Kier alpha value is -1.81. The highest BCUT2D eigenvalue weighted by Gasteiger charge is 2.06. The first-order valence-electron chi connectivity index (χ1n) is 6.47. The summed E-state index contributed by atoms with van der Waals surface area (Å²) < 4.78 is 0. The molecule has 0 fully saturated rings. The number of rotatable bonds is 5. The van der Waals surface area contributed by atoms with E-state index in [1.54, 1.807) is 0 Å². The summed E-state index contributed by atoms with van der Waals surface area (Å²) in [6, 6.07) is 15.8. The number of carbonyl (C=O) groups is 1. The highest BCUT2D eigenvalue weighted by Crippen LogP contribution is 2.25. The van der Waals surface area contributed by atoms with Gasteiger partial charge < -0.3 is 10.6 Å². The molecular weight excluding hydrogens is 316 g/mol. The lowest BCUT2D eigenvalue weighted by atomic mass is 10.2. The molecule has 0 heterocycles. The Labute approximate surface area is 127 Å². The molecule has 20 heavy (non-hydrogen) atoms. The number of hydrogen-bond donors (Lipinski definition) is 2. The van der Waals surface area contributed by atoms with Crippen LogP contribution in [0.4, 0.5) is 17.1 Å². The van der Waals surface area contributed by atoms with Crippen LogP contribution >= 0.6 is 15.9 Å². The van der Waals surface area contributed by atoms with Gasteiger partial charge in [-0.15, -0.1) is 0 Å². The largest absolute Gasteiger partial charge is 0.354 e. The van der Waals surface area contributed by atoms with Crippen LogP contribution in [0, 0.1) is 6.92 Å². The lowest BCUT2D eigenvalue weighted by Crippen LogP contribution is -2.12. The van der Waals surface area contributed by atoms with Gasteiger partial charge in [0.2, 0.25) is 5.91 Å². The van der Waals surface area contributed by atoms with Gasteiger partial charge in [0.1, 0.15) is 0 Å². The van der Waals surface area contributed by atoms with E-state index in [-0.39, 0.29) is 5.91 Å². The molecule has 0 saturated carbocycles. The van der Waals surface area contributed by atoms with Crippen molar-refractivity contribution in [2.45, 2.75) is 13.3 Å². The molecule has 0 aliphatic rings. The summed E-state index contributed by atoms with van der Waals surface area (Å²) in [5, 5.41) is 6.89. The fourth-order valence-electron chi connectivity index (χ4n) is 1.79. The van der Waals surface area contributed by atoms with Crippen molar-refractivity contribution < 1.29 is 4.79 Å². The molecule has 104 valence electrons. The fourth-order valence-corrected chi connectivity index (χ4v) is 2.15. The first-order chi connectivity index (χ1) is 9.69. The summed E-state index contributed by atoms with van der Waals surface area (Å²) in [6.45, 7) is 2.05. The Morgan fingerprint density at radius 2 is 1.70 bits per heavy atom. The van der Waals surface area contributed by atoms with E-state index >= 15 is 0 Å². The molecule has 4 heteroatoms. The predicted octanol–water partition coefficient (Wildman–Crippen LogP) is 4.46. The number of nitrogens with one attached hydrogen (secondary N) is 2. The molecule has 1 amide bonds. The van der Waals surface area contributed by atoms with Crippen LogP contribution in [0.2, 0.25) is 0 Å². The summed E-state index contributed by atoms with van der Waals surface area (Å²) in [6.07, 6.45) is 0.457. The number of halogens is 1. The molecule has 3 nitrogen and oxygen atoms in total. The molecular formula is C16H17BrN2O. The third-order valence-electron chi connectivity index (χ3n) is 2.85. The van der Waals surface area contributed by atoms with Crippen LogP contribution in [0.15, 0.2) is 48.5 Å². The maximum Gasteiger partial charge on any atom is 0.225 e. The average Bonchev–Trinajstić information content (AvgIpc) is 2.44. The smallest absolute Gasteiger partial charge is 0.225 e. The van der Waals surface area contributed by atoms with Gasteiger partial charge in [-0.2, -0.15) is 0 Å². The zero-order valence-corrected chi connectivity index (χ0v) is 12.9. The van der Waals surface area contributed by atoms with Crippen molar-refractivity contribution in [2.75, 3.05) is 16.0 Å². The maximum absolute atomic E-state index is 11.7. The van der Waals surface area contributed by atoms with E-state index in [2.05, 4.69) is 33.5 Å². The second kappa shape index (κ2) is 7.10. The molecule has 0 aliphatic heterocycles. The first kappa shape index (κ1) is 14.6. The van der Waals surface area contributed by atoms with Crippen molar-refractivity contribution in [1.29, 1.82) is 0 Å². The van der Waals surface area contributed by atoms with Gasteiger partial charge in [0.15, 0.2) is 0 Å². The third-order valence-corrected chi connectivity index (χ3v) is 3.25. The maximum atomic E-state index is 11.7. The Bertz CT molecular complexity index is 581. The Balaban J connectivity index is 2.15. The van der Waals surface area contributed by atoms with Crippen molar-refractivity contribution in [3.63, 3.8) is 0 Å². The molecule has 0 atom stereocenters. The Kier molecular flexibility index (Phi) is 5.18. The van der Waals surface area contributed by atoms with E-state index in [4.69, 9.17) is 0 Å². The van der Waals surface area contributed by atoms with Gasteiger partial charge in [0.25, 0.3) is 0 Å². The van der Waals surface area contributed by atoms with Gasteiger partial charge in [0.05, 0.1) is 11.4 Å². The normalized spacial score (nSPS) is 10.1. The summed E-state index contributed by atoms with van der Waals surface area (Å²) in [4.78, 5) is 11.7. The minimum atomic E-state index is 0.0000288. The monoisotopic (exact) mass is 332 g/mol. The van der Waals surface area contributed by atoms with Gasteiger partial charge in [-0.1, -0.05) is 45.8 Å². The molecule has 0 aromatic heterocycles. The standard InChI is InChI=1S/C16H17BrN2O/c1-12-6-8-13(9-7-12)18-14-4-2-3-5-15(14)19-16(20)10-11-17/h2-9,18H,10-11H2,1H3,(H,19,20).